The third-order valence-corrected chi connectivity index (χ3v) is 4.60. The molecule has 3 nitrogen and oxygen atoms in total. The molecule has 1 atom stereocenters. The minimum Gasteiger partial charge on any atom is -0.335 e. The second-order valence-electron chi connectivity index (χ2n) is 6.32. The second-order valence-corrected chi connectivity index (χ2v) is 6.32. The highest BCUT2D eigenvalue weighted by molar-refractivity contribution is 5.85. The Morgan fingerprint density at radius 3 is 2.61 bits per heavy atom. The molecule has 0 saturated carbocycles. The smallest absolute Gasteiger partial charge is 0.223 e. The molecule has 1 aliphatic heterocycles. The summed E-state index contributed by atoms with van der Waals surface area (Å²) in [7, 11) is 0. The van der Waals surface area contributed by atoms with Crippen molar-refractivity contribution in [2.75, 3.05) is 19.6 Å². The summed E-state index contributed by atoms with van der Waals surface area (Å²) < 4.78 is 0. The van der Waals surface area contributed by atoms with E-state index >= 15 is 0 Å². The molecule has 1 saturated heterocycles. The van der Waals surface area contributed by atoms with E-state index in [0.29, 0.717) is 31.3 Å². The summed E-state index contributed by atoms with van der Waals surface area (Å²) in [6, 6.07) is 10.2. The Bertz CT molecular complexity index is 472. The molecular formula is C19H29ClN2O. The van der Waals surface area contributed by atoms with Crippen molar-refractivity contribution in [3.8, 4) is 0 Å². The molecule has 1 amide bonds. The van der Waals surface area contributed by atoms with Gasteiger partial charge in [-0.1, -0.05) is 43.3 Å². The molecule has 128 valence electrons. The van der Waals surface area contributed by atoms with Crippen LogP contribution >= 0.6 is 12.4 Å². The molecule has 1 aromatic carbocycles. The normalized spacial score (nSPS) is 16.2. The number of piperidine rings is 1. The van der Waals surface area contributed by atoms with Crippen LogP contribution in [0.2, 0.25) is 0 Å². The lowest BCUT2D eigenvalue weighted by Crippen LogP contribution is -2.35. The monoisotopic (exact) mass is 336 g/mol. The van der Waals surface area contributed by atoms with Crippen LogP contribution in [0.25, 0.3) is 0 Å². The number of rotatable bonds is 7. The van der Waals surface area contributed by atoms with Crippen molar-refractivity contribution < 1.29 is 4.79 Å². The van der Waals surface area contributed by atoms with E-state index in [1.165, 1.54) is 18.4 Å². The average molecular weight is 337 g/mol. The Kier molecular flexibility index (Phi) is 8.97. The lowest BCUT2D eigenvalue weighted by Gasteiger charge is -2.30. The van der Waals surface area contributed by atoms with Gasteiger partial charge in [0.05, 0.1) is 0 Å². The minimum atomic E-state index is 0. The summed E-state index contributed by atoms with van der Waals surface area (Å²) >= 11 is 0. The molecule has 0 radical (unpaired) electrons. The highest BCUT2D eigenvalue weighted by Crippen LogP contribution is 2.25. The Labute approximate surface area is 146 Å². The van der Waals surface area contributed by atoms with E-state index in [4.69, 9.17) is 0 Å². The van der Waals surface area contributed by atoms with Gasteiger partial charge < -0.3 is 10.2 Å². The van der Waals surface area contributed by atoms with Gasteiger partial charge in [-0.3, -0.25) is 4.79 Å². The van der Waals surface area contributed by atoms with Gasteiger partial charge >= 0.3 is 0 Å². The first-order valence-electron chi connectivity index (χ1n) is 8.34. The van der Waals surface area contributed by atoms with Crippen molar-refractivity contribution in [3.05, 3.63) is 48.6 Å². The van der Waals surface area contributed by atoms with Crippen LogP contribution in [0.15, 0.2) is 43.0 Å². The first-order chi connectivity index (χ1) is 10.7. The lowest BCUT2D eigenvalue weighted by atomic mass is 9.84. The molecule has 0 bridgehead atoms. The molecular weight excluding hydrogens is 308 g/mol. The van der Waals surface area contributed by atoms with Gasteiger partial charge in [-0.15, -0.1) is 19.0 Å². The van der Waals surface area contributed by atoms with Crippen molar-refractivity contribution in [3.63, 3.8) is 0 Å². The highest BCUT2D eigenvalue weighted by atomic mass is 35.5. The largest absolute Gasteiger partial charge is 0.335 e. The molecule has 0 aliphatic carbocycles. The first-order valence-corrected chi connectivity index (χ1v) is 8.34. The molecule has 1 heterocycles. The van der Waals surface area contributed by atoms with Crippen molar-refractivity contribution in [1.82, 2.24) is 10.2 Å². The SMILES string of the molecule is C=CCN(Cc1ccccc1)C(=O)CC(C)C1CCNCC1.Cl. The van der Waals surface area contributed by atoms with Gasteiger partial charge in [0.1, 0.15) is 0 Å². The molecule has 1 aromatic rings. The third-order valence-electron chi connectivity index (χ3n) is 4.60. The number of hydrogen-bond donors (Lipinski definition) is 1. The number of benzene rings is 1. The van der Waals surface area contributed by atoms with Crippen LogP contribution in [0.1, 0.15) is 31.7 Å². The van der Waals surface area contributed by atoms with Crippen LogP contribution in [0.3, 0.4) is 0 Å². The summed E-state index contributed by atoms with van der Waals surface area (Å²) in [6.07, 6.45) is 4.84. The van der Waals surface area contributed by atoms with Crippen molar-refractivity contribution in [2.24, 2.45) is 11.8 Å². The van der Waals surface area contributed by atoms with E-state index in [1.54, 1.807) is 0 Å². The fraction of sp³-hybridized carbons (Fsp3) is 0.526. The highest BCUT2D eigenvalue weighted by Gasteiger charge is 2.24. The topological polar surface area (TPSA) is 32.3 Å². The van der Waals surface area contributed by atoms with Crippen LogP contribution in [0, 0.1) is 11.8 Å². The predicted molar refractivity (Wildman–Crippen MR) is 98.7 cm³/mol. The van der Waals surface area contributed by atoms with E-state index in [9.17, 15) is 4.79 Å². The molecule has 0 spiro atoms. The van der Waals surface area contributed by atoms with Crippen LogP contribution < -0.4 is 5.32 Å². The van der Waals surface area contributed by atoms with Gasteiger partial charge in [-0.2, -0.15) is 0 Å². The van der Waals surface area contributed by atoms with Gasteiger partial charge in [0.2, 0.25) is 5.91 Å². The summed E-state index contributed by atoms with van der Waals surface area (Å²) in [5, 5.41) is 3.39. The Morgan fingerprint density at radius 2 is 2.00 bits per heavy atom. The van der Waals surface area contributed by atoms with E-state index < -0.39 is 0 Å². The summed E-state index contributed by atoms with van der Waals surface area (Å²) in [6.45, 7) is 9.48. The number of hydrogen-bond acceptors (Lipinski definition) is 2. The fourth-order valence-corrected chi connectivity index (χ4v) is 3.20. The maximum atomic E-state index is 12.7. The lowest BCUT2D eigenvalue weighted by molar-refractivity contribution is -0.132. The van der Waals surface area contributed by atoms with Crippen LogP contribution in [0.4, 0.5) is 0 Å². The second kappa shape index (κ2) is 10.5. The van der Waals surface area contributed by atoms with Crippen molar-refractivity contribution in [2.45, 2.75) is 32.7 Å². The van der Waals surface area contributed by atoms with Gasteiger partial charge in [-0.25, -0.2) is 0 Å². The summed E-state index contributed by atoms with van der Waals surface area (Å²) in [4.78, 5) is 14.6. The fourth-order valence-electron chi connectivity index (χ4n) is 3.20. The molecule has 2 rings (SSSR count). The first kappa shape index (κ1) is 19.7. The zero-order valence-corrected chi connectivity index (χ0v) is 14.9. The minimum absolute atomic E-state index is 0. The molecule has 1 N–H and O–H groups in total. The number of nitrogens with one attached hydrogen (secondary N) is 1. The standard InChI is InChI=1S/C19H28N2O.ClH/c1-3-13-21(15-17-7-5-4-6-8-17)19(22)14-16(2)18-9-11-20-12-10-18;/h3-8,16,18,20H,1,9-15H2,2H3;1H. The molecule has 23 heavy (non-hydrogen) atoms. The van der Waals surface area contributed by atoms with Crippen LogP contribution in [-0.2, 0) is 11.3 Å². The molecule has 0 aromatic heterocycles. The van der Waals surface area contributed by atoms with E-state index in [-0.39, 0.29) is 18.3 Å². The van der Waals surface area contributed by atoms with Crippen LogP contribution in [-0.4, -0.2) is 30.4 Å². The zero-order chi connectivity index (χ0) is 15.8. The van der Waals surface area contributed by atoms with Gasteiger partial charge in [-0.05, 0) is 43.3 Å². The van der Waals surface area contributed by atoms with Gasteiger partial charge in [0.25, 0.3) is 0 Å². The van der Waals surface area contributed by atoms with Crippen molar-refractivity contribution in [1.29, 1.82) is 0 Å². The number of carbonyl (C=O) groups is 1. The van der Waals surface area contributed by atoms with Gasteiger partial charge in [0.15, 0.2) is 0 Å². The summed E-state index contributed by atoms with van der Waals surface area (Å²) in [5.74, 6) is 1.37. The quantitative estimate of drug-likeness (QED) is 0.771. The maximum Gasteiger partial charge on any atom is 0.223 e. The number of carbonyl (C=O) groups excluding carboxylic acids is 1. The molecule has 1 aliphatic rings. The van der Waals surface area contributed by atoms with E-state index in [1.807, 2.05) is 29.2 Å². The zero-order valence-electron chi connectivity index (χ0n) is 14.0. The van der Waals surface area contributed by atoms with E-state index in [2.05, 4.69) is 31.0 Å². The molecule has 4 heteroatoms. The number of amides is 1. The average Bonchev–Trinajstić information content (AvgIpc) is 2.56. The molecule has 1 fully saturated rings. The number of nitrogens with zero attached hydrogens (tertiary/aromatic N) is 1. The third kappa shape index (κ3) is 6.36. The van der Waals surface area contributed by atoms with Crippen molar-refractivity contribution >= 4 is 18.3 Å². The number of halogens is 1. The van der Waals surface area contributed by atoms with Crippen LogP contribution in [0.5, 0.6) is 0 Å². The van der Waals surface area contributed by atoms with Gasteiger partial charge in [0, 0.05) is 19.5 Å². The van der Waals surface area contributed by atoms with E-state index in [0.717, 1.165) is 13.1 Å². The summed E-state index contributed by atoms with van der Waals surface area (Å²) in [5.41, 5.74) is 1.17. The predicted octanol–water partition coefficient (Wildman–Crippen LogP) is 3.65. The molecule has 1 unspecified atom stereocenters. The Balaban J connectivity index is 0.00000264. The Morgan fingerprint density at radius 1 is 1.35 bits per heavy atom. The Hall–Kier alpha value is -1.32. The maximum absolute atomic E-state index is 12.7.